The molecule has 408 valence electrons. The number of carbonyl (C=O) groups is 3. The molecule has 0 radical (unpaired) electrons. The van der Waals surface area contributed by atoms with Gasteiger partial charge >= 0.3 is 0 Å². The van der Waals surface area contributed by atoms with Crippen LogP contribution in [0.1, 0.15) is 66.0 Å². The minimum atomic E-state index is -3.93. The molecule has 78 heavy (non-hydrogen) atoms. The molecule has 0 saturated heterocycles. The average molecular weight is 1190 g/mol. The summed E-state index contributed by atoms with van der Waals surface area (Å²) in [6.45, 7) is 8.23. The summed E-state index contributed by atoms with van der Waals surface area (Å²) in [7, 11) is -10.0. The number of amides is 3. The van der Waals surface area contributed by atoms with E-state index in [1.54, 1.807) is 30.1 Å². The number of aromatic nitrogens is 5. The maximum absolute atomic E-state index is 12.9. The Kier molecular flexibility index (Phi) is 17.7. The summed E-state index contributed by atoms with van der Waals surface area (Å²) in [6, 6.07) is 37.6. The van der Waals surface area contributed by atoms with Gasteiger partial charge in [0, 0.05) is 62.8 Å². The first kappa shape index (κ1) is 59.1. The third kappa shape index (κ3) is 12.9. The molecule has 3 heterocycles. The van der Waals surface area contributed by atoms with E-state index in [0.717, 1.165) is 46.4 Å². The lowest BCUT2D eigenvalue weighted by Gasteiger charge is -2.23. The highest BCUT2D eigenvalue weighted by Gasteiger charge is 2.45. The van der Waals surface area contributed by atoms with E-state index in [1.165, 1.54) is 114 Å². The van der Waals surface area contributed by atoms with Crippen molar-refractivity contribution >= 4 is 121 Å². The standard InChI is InChI=1S/C19H17ClN2O3S.C18H16ClN3O3S2.C17H20ClN3O3S/c1-19(2,26(24,25)16-9-7-15(20)8-10-16)18(23)22-17-11-13-5-3-4-6-14(13)12-21-17;1-18(2,27(24,25)14-10-8-13(19)9-11-14)16(23)21-17-20-15(22-26-17)12-6-4-3-5-7-12;1-17(2,25(23,24)13-8-6-12(18)7-9-13)16(22)19-15-10-14(11-4-5-11)20-21(15)3/h3-12H,1-2H3,(H,21,22,23);3-11H,1-2H3,(H,20,21,22,23);6-11H,4-5H2,1-3H3,(H,19,22). The summed E-state index contributed by atoms with van der Waals surface area (Å²) >= 11 is 18.4. The number of fused-ring (bicyclic) bond motifs is 1. The fourth-order valence-electron chi connectivity index (χ4n) is 7.19. The van der Waals surface area contributed by atoms with Gasteiger partial charge in [-0.05, 0) is 139 Å². The molecule has 1 saturated carbocycles. The first-order valence-electron chi connectivity index (χ1n) is 23.8. The topological polar surface area (TPSA) is 246 Å². The number of rotatable bonds is 14. The highest BCUT2D eigenvalue weighted by Crippen LogP contribution is 2.40. The summed E-state index contributed by atoms with van der Waals surface area (Å²) in [5.41, 5.74) is 1.73. The minimum absolute atomic E-state index is 0.0225. The van der Waals surface area contributed by atoms with Gasteiger partial charge < -0.3 is 10.6 Å². The van der Waals surface area contributed by atoms with Crippen LogP contribution in [-0.4, -0.2) is 81.3 Å². The van der Waals surface area contributed by atoms with Crippen LogP contribution in [0.3, 0.4) is 0 Å². The molecule has 3 N–H and O–H groups in total. The molecular weight excluding hydrogens is 1140 g/mol. The van der Waals surface area contributed by atoms with E-state index in [4.69, 9.17) is 34.8 Å². The molecule has 0 aliphatic heterocycles. The molecule has 0 bridgehead atoms. The van der Waals surface area contributed by atoms with Crippen LogP contribution in [-0.2, 0) is 50.9 Å². The van der Waals surface area contributed by atoms with Gasteiger partial charge in [0.25, 0.3) is 0 Å². The fraction of sp³-hybridized carbons (Fsp3) is 0.241. The van der Waals surface area contributed by atoms with Crippen molar-refractivity contribution in [1.82, 2.24) is 24.1 Å². The number of pyridine rings is 1. The number of hydrogen-bond donors (Lipinski definition) is 3. The summed E-state index contributed by atoms with van der Waals surface area (Å²) in [5.74, 6) is -0.243. The molecule has 8 aromatic rings. The van der Waals surface area contributed by atoms with Crippen molar-refractivity contribution in [3.8, 4) is 11.4 Å². The Morgan fingerprint density at radius 1 is 0.564 bits per heavy atom. The van der Waals surface area contributed by atoms with Crippen LogP contribution in [0, 0.1) is 0 Å². The van der Waals surface area contributed by atoms with Crippen molar-refractivity contribution in [1.29, 1.82) is 0 Å². The van der Waals surface area contributed by atoms with Gasteiger partial charge in [0.05, 0.1) is 20.4 Å². The third-order valence-corrected chi connectivity index (χ3v) is 21.4. The lowest BCUT2D eigenvalue weighted by molar-refractivity contribution is -0.118. The Balaban J connectivity index is 0.000000170. The molecule has 1 aliphatic rings. The Bertz CT molecular complexity index is 3850. The van der Waals surface area contributed by atoms with Crippen LogP contribution in [0.2, 0.25) is 15.1 Å². The second-order valence-corrected chi connectivity index (χ2v) is 28.9. The van der Waals surface area contributed by atoms with Crippen LogP contribution in [0.5, 0.6) is 0 Å². The molecule has 5 aromatic carbocycles. The molecule has 9 rings (SSSR count). The van der Waals surface area contributed by atoms with Crippen molar-refractivity contribution in [2.45, 2.75) is 89.2 Å². The van der Waals surface area contributed by atoms with Crippen LogP contribution in [0.4, 0.5) is 16.8 Å². The number of anilines is 3. The van der Waals surface area contributed by atoms with Crippen LogP contribution >= 0.6 is 46.3 Å². The molecule has 1 aliphatic carbocycles. The number of halogens is 3. The van der Waals surface area contributed by atoms with Crippen molar-refractivity contribution < 1.29 is 39.6 Å². The quantitative estimate of drug-likeness (QED) is 0.0918. The molecule has 0 spiro atoms. The SMILES string of the molecule is CC(C)(C(=O)Nc1cc2ccccc2cn1)S(=O)(=O)c1ccc(Cl)cc1.CC(C)(C(=O)Nc1nc(-c2ccccc2)ns1)S(=O)(=O)c1ccc(Cl)cc1.Cn1nc(C2CC2)cc1NC(=O)C(C)(C)S(=O)(=O)c1ccc(Cl)cc1. The van der Waals surface area contributed by atoms with Gasteiger partial charge in [-0.2, -0.15) is 14.5 Å². The zero-order valence-electron chi connectivity index (χ0n) is 43.0. The first-order valence-corrected chi connectivity index (χ1v) is 30.1. The normalized spacial score (nSPS) is 13.1. The first-order chi connectivity index (χ1) is 36.6. The Labute approximate surface area is 471 Å². The van der Waals surface area contributed by atoms with E-state index in [1.807, 2.05) is 54.6 Å². The number of benzene rings is 5. The van der Waals surface area contributed by atoms with Gasteiger partial charge in [-0.15, -0.1) is 0 Å². The number of hydrogen-bond acceptors (Lipinski definition) is 14. The third-order valence-electron chi connectivity index (χ3n) is 12.7. The largest absolute Gasteiger partial charge is 0.310 e. The van der Waals surface area contributed by atoms with E-state index < -0.39 is 61.5 Å². The molecule has 24 heteroatoms. The lowest BCUT2D eigenvalue weighted by atomic mass is 10.1. The average Bonchev–Trinajstić information content (AvgIpc) is 4.11. The van der Waals surface area contributed by atoms with Gasteiger partial charge in [-0.3, -0.25) is 24.4 Å². The zero-order chi connectivity index (χ0) is 57.0. The maximum Gasteiger partial charge on any atom is 0.247 e. The van der Waals surface area contributed by atoms with E-state index >= 15 is 0 Å². The summed E-state index contributed by atoms with van der Waals surface area (Å²) in [4.78, 5) is 46.7. The van der Waals surface area contributed by atoms with Crippen molar-refractivity contribution in [2.24, 2.45) is 7.05 Å². The lowest BCUT2D eigenvalue weighted by Crippen LogP contribution is -2.44. The van der Waals surface area contributed by atoms with Gasteiger partial charge in [-0.25, -0.2) is 30.2 Å². The van der Waals surface area contributed by atoms with E-state index in [2.05, 4.69) is 35.4 Å². The predicted octanol–water partition coefficient (Wildman–Crippen LogP) is 11.3. The number of aryl methyl sites for hydroxylation is 1. The number of carbonyl (C=O) groups excluding carboxylic acids is 3. The molecule has 3 aromatic heterocycles. The number of sulfone groups is 3. The fourth-order valence-corrected chi connectivity index (χ4v) is 12.3. The van der Waals surface area contributed by atoms with Crippen molar-refractivity contribution in [3.63, 3.8) is 0 Å². The Hall–Kier alpha value is -6.59. The molecular formula is C54H53Cl3N8O9S4. The number of nitrogens with one attached hydrogen (secondary N) is 3. The van der Waals surface area contributed by atoms with Crippen LogP contribution in [0.15, 0.2) is 160 Å². The highest BCUT2D eigenvalue weighted by atomic mass is 35.5. The minimum Gasteiger partial charge on any atom is -0.310 e. The molecule has 0 unspecified atom stereocenters. The molecule has 1 fully saturated rings. The Morgan fingerprint density at radius 2 is 0.987 bits per heavy atom. The second kappa shape index (κ2) is 23.4. The van der Waals surface area contributed by atoms with Crippen molar-refractivity contribution in [3.05, 3.63) is 166 Å². The Morgan fingerprint density at radius 3 is 1.45 bits per heavy atom. The zero-order valence-corrected chi connectivity index (χ0v) is 48.6. The van der Waals surface area contributed by atoms with Crippen LogP contribution < -0.4 is 16.0 Å². The van der Waals surface area contributed by atoms with E-state index in [-0.39, 0.29) is 19.8 Å². The van der Waals surface area contributed by atoms with Crippen molar-refractivity contribution in [2.75, 3.05) is 16.0 Å². The smallest absolute Gasteiger partial charge is 0.247 e. The predicted molar refractivity (Wildman–Crippen MR) is 306 cm³/mol. The second-order valence-electron chi connectivity index (χ2n) is 19.3. The van der Waals surface area contributed by atoms with E-state index in [9.17, 15) is 39.6 Å². The highest BCUT2D eigenvalue weighted by molar-refractivity contribution is 7.94. The van der Waals surface area contributed by atoms with Crippen LogP contribution in [0.25, 0.3) is 22.2 Å². The van der Waals surface area contributed by atoms with Gasteiger partial charge in [0.2, 0.25) is 22.9 Å². The molecule has 17 nitrogen and oxygen atoms in total. The number of nitrogens with zero attached hydrogens (tertiary/aromatic N) is 5. The summed E-state index contributed by atoms with van der Waals surface area (Å²) in [5, 5.41) is 15.6. The summed E-state index contributed by atoms with van der Waals surface area (Å²) in [6.07, 6.45) is 3.83. The van der Waals surface area contributed by atoms with E-state index in [0.29, 0.717) is 38.4 Å². The van der Waals surface area contributed by atoms with Gasteiger partial charge in [0.1, 0.15) is 25.9 Å². The molecule has 3 amide bonds. The summed E-state index contributed by atoms with van der Waals surface area (Å²) < 4.78 is 78.0. The monoisotopic (exact) mass is 1190 g/mol. The van der Waals surface area contributed by atoms with Gasteiger partial charge in [-0.1, -0.05) is 89.4 Å². The molecule has 0 atom stereocenters. The maximum atomic E-state index is 12.9. The van der Waals surface area contributed by atoms with Gasteiger partial charge in [0.15, 0.2) is 35.3 Å².